The Labute approximate surface area is 91.8 Å². The second-order valence-electron chi connectivity index (χ2n) is 4.40. The molecule has 4 heteroatoms. The van der Waals surface area contributed by atoms with Crippen LogP contribution in [0.25, 0.3) is 0 Å². The predicted molar refractivity (Wildman–Crippen MR) is 59.4 cm³/mol. The summed E-state index contributed by atoms with van der Waals surface area (Å²) >= 11 is 0. The smallest absolute Gasteiger partial charge is 0.224 e. The number of carbonyl (C=O) groups is 1. The van der Waals surface area contributed by atoms with Gasteiger partial charge in [0.05, 0.1) is 19.1 Å². The molecule has 1 fully saturated rings. The fourth-order valence-corrected chi connectivity index (χ4v) is 1.79. The SMILES string of the molecule is CC(C)OCCC(=O)N1CCC(CN)C1. The van der Waals surface area contributed by atoms with Gasteiger partial charge in [-0.25, -0.2) is 0 Å². The van der Waals surface area contributed by atoms with E-state index in [1.54, 1.807) is 0 Å². The molecule has 1 atom stereocenters. The number of rotatable bonds is 5. The third-order valence-corrected chi connectivity index (χ3v) is 2.74. The van der Waals surface area contributed by atoms with Crippen LogP contribution in [0.2, 0.25) is 0 Å². The largest absolute Gasteiger partial charge is 0.378 e. The molecule has 0 aromatic heterocycles. The van der Waals surface area contributed by atoms with E-state index in [9.17, 15) is 4.79 Å². The molecule has 0 aliphatic carbocycles. The maximum absolute atomic E-state index is 11.7. The maximum atomic E-state index is 11.7. The Balaban J connectivity index is 2.18. The molecule has 15 heavy (non-hydrogen) atoms. The first-order valence-electron chi connectivity index (χ1n) is 5.73. The highest BCUT2D eigenvalue weighted by atomic mass is 16.5. The highest BCUT2D eigenvalue weighted by Gasteiger charge is 2.24. The molecule has 2 N–H and O–H groups in total. The zero-order valence-corrected chi connectivity index (χ0v) is 9.74. The maximum Gasteiger partial charge on any atom is 0.224 e. The highest BCUT2D eigenvalue weighted by Crippen LogP contribution is 2.15. The number of ether oxygens (including phenoxy) is 1. The molecule has 1 aliphatic heterocycles. The van der Waals surface area contributed by atoms with E-state index in [1.807, 2.05) is 18.7 Å². The minimum absolute atomic E-state index is 0.201. The first kappa shape index (κ1) is 12.5. The molecule has 0 bridgehead atoms. The van der Waals surface area contributed by atoms with Gasteiger partial charge in [-0.05, 0) is 32.7 Å². The topological polar surface area (TPSA) is 55.6 Å². The summed E-state index contributed by atoms with van der Waals surface area (Å²) in [5.41, 5.74) is 5.57. The zero-order valence-electron chi connectivity index (χ0n) is 9.74. The van der Waals surface area contributed by atoms with Crippen LogP contribution in [-0.2, 0) is 9.53 Å². The Morgan fingerprint density at radius 2 is 2.33 bits per heavy atom. The summed E-state index contributed by atoms with van der Waals surface area (Å²) in [7, 11) is 0. The van der Waals surface area contributed by atoms with Crippen molar-refractivity contribution in [2.75, 3.05) is 26.2 Å². The Bertz CT molecular complexity index is 207. The normalized spacial score (nSPS) is 21.3. The Morgan fingerprint density at radius 3 is 2.87 bits per heavy atom. The summed E-state index contributed by atoms with van der Waals surface area (Å²) in [6, 6.07) is 0. The molecule has 1 aliphatic rings. The van der Waals surface area contributed by atoms with Crippen LogP contribution in [0.15, 0.2) is 0 Å². The second kappa shape index (κ2) is 6.08. The van der Waals surface area contributed by atoms with Gasteiger partial charge in [0.2, 0.25) is 5.91 Å². The van der Waals surface area contributed by atoms with Crippen LogP contribution in [0.5, 0.6) is 0 Å². The Kier molecular flexibility index (Phi) is 5.05. The van der Waals surface area contributed by atoms with Crippen molar-refractivity contribution in [3.8, 4) is 0 Å². The van der Waals surface area contributed by atoms with Crippen molar-refractivity contribution < 1.29 is 9.53 Å². The molecule has 1 saturated heterocycles. The van der Waals surface area contributed by atoms with E-state index in [-0.39, 0.29) is 12.0 Å². The number of hydrogen-bond donors (Lipinski definition) is 1. The molecule has 0 spiro atoms. The fraction of sp³-hybridized carbons (Fsp3) is 0.909. The Morgan fingerprint density at radius 1 is 1.60 bits per heavy atom. The van der Waals surface area contributed by atoms with Gasteiger partial charge in [0.15, 0.2) is 0 Å². The number of nitrogens with two attached hydrogens (primary N) is 1. The van der Waals surface area contributed by atoms with Gasteiger partial charge in [0, 0.05) is 13.1 Å². The van der Waals surface area contributed by atoms with Crippen LogP contribution in [0.1, 0.15) is 26.7 Å². The average molecular weight is 214 g/mol. The minimum atomic E-state index is 0.201. The van der Waals surface area contributed by atoms with Crippen molar-refractivity contribution in [1.82, 2.24) is 4.90 Å². The van der Waals surface area contributed by atoms with Crippen molar-refractivity contribution in [3.05, 3.63) is 0 Å². The summed E-state index contributed by atoms with van der Waals surface area (Å²) < 4.78 is 5.35. The van der Waals surface area contributed by atoms with Gasteiger partial charge in [-0.15, -0.1) is 0 Å². The van der Waals surface area contributed by atoms with Gasteiger partial charge in [0.25, 0.3) is 0 Å². The van der Waals surface area contributed by atoms with E-state index in [1.165, 1.54) is 0 Å². The predicted octanol–water partition coefficient (Wildman–Crippen LogP) is 0.609. The lowest BCUT2D eigenvalue weighted by Crippen LogP contribution is -2.30. The Hall–Kier alpha value is -0.610. The summed E-state index contributed by atoms with van der Waals surface area (Å²) in [4.78, 5) is 13.6. The summed E-state index contributed by atoms with van der Waals surface area (Å²) in [5, 5.41) is 0. The number of carbonyl (C=O) groups excluding carboxylic acids is 1. The third kappa shape index (κ3) is 4.18. The van der Waals surface area contributed by atoms with Gasteiger partial charge in [0.1, 0.15) is 0 Å². The van der Waals surface area contributed by atoms with Gasteiger partial charge in [-0.3, -0.25) is 4.79 Å². The van der Waals surface area contributed by atoms with Crippen LogP contribution in [-0.4, -0.2) is 43.2 Å². The van der Waals surface area contributed by atoms with Crippen LogP contribution < -0.4 is 5.73 Å². The quantitative estimate of drug-likeness (QED) is 0.729. The van der Waals surface area contributed by atoms with Crippen LogP contribution in [0.4, 0.5) is 0 Å². The van der Waals surface area contributed by atoms with E-state index in [0.717, 1.165) is 19.5 Å². The number of amides is 1. The van der Waals surface area contributed by atoms with Crippen molar-refractivity contribution in [2.24, 2.45) is 11.7 Å². The molecule has 4 nitrogen and oxygen atoms in total. The lowest BCUT2D eigenvalue weighted by molar-refractivity contribution is -0.131. The molecule has 0 aromatic rings. The van der Waals surface area contributed by atoms with Gasteiger partial charge in [-0.2, -0.15) is 0 Å². The molecule has 0 aromatic carbocycles. The first-order valence-corrected chi connectivity index (χ1v) is 5.73. The third-order valence-electron chi connectivity index (χ3n) is 2.74. The van der Waals surface area contributed by atoms with Crippen LogP contribution >= 0.6 is 0 Å². The molecule has 88 valence electrons. The average Bonchev–Trinajstić information content (AvgIpc) is 2.65. The molecule has 0 radical (unpaired) electrons. The van der Waals surface area contributed by atoms with E-state index in [4.69, 9.17) is 10.5 Å². The fourth-order valence-electron chi connectivity index (χ4n) is 1.79. The van der Waals surface area contributed by atoms with E-state index in [2.05, 4.69) is 0 Å². The van der Waals surface area contributed by atoms with E-state index < -0.39 is 0 Å². The van der Waals surface area contributed by atoms with E-state index in [0.29, 0.717) is 25.5 Å². The van der Waals surface area contributed by atoms with Crippen molar-refractivity contribution in [1.29, 1.82) is 0 Å². The second-order valence-corrected chi connectivity index (χ2v) is 4.40. The number of likely N-dealkylation sites (tertiary alicyclic amines) is 1. The van der Waals surface area contributed by atoms with E-state index >= 15 is 0 Å². The monoisotopic (exact) mass is 214 g/mol. The molecule has 1 heterocycles. The van der Waals surface area contributed by atoms with Gasteiger partial charge >= 0.3 is 0 Å². The molecule has 1 rings (SSSR count). The molecule has 1 unspecified atom stereocenters. The van der Waals surface area contributed by atoms with Crippen molar-refractivity contribution >= 4 is 5.91 Å². The van der Waals surface area contributed by atoms with Crippen LogP contribution in [0.3, 0.4) is 0 Å². The zero-order chi connectivity index (χ0) is 11.3. The molecule has 1 amide bonds. The summed E-state index contributed by atoms with van der Waals surface area (Å²) in [6.45, 7) is 6.86. The van der Waals surface area contributed by atoms with Gasteiger partial charge < -0.3 is 15.4 Å². The molecule has 0 saturated carbocycles. The van der Waals surface area contributed by atoms with Crippen LogP contribution in [0, 0.1) is 5.92 Å². The highest BCUT2D eigenvalue weighted by molar-refractivity contribution is 5.76. The van der Waals surface area contributed by atoms with Crippen molar-refractivity contribution in [3.63, 3.8) is 0 Å². The molecular formula is C11H22N2O2. The lowest BCUT2D eigenvalue weighted by atomic mass is 10.1. The number of hydrogen-bond acceptors (Lipinski definition) is 3. The minimum Gasteiger partial charge on any atom is -0.378 e. The van der Waals surface area contributed by atoms with Gasteiger partial charge in [-0.1, -0.05) is 0 Å². The van der Waals surface area contributed by atoms with Crippen molar-refractivity contribution in [2.45, 2.75) is 32.8 Å². The summed E-state index contributed by atoms with van der Waals surface area (Å²) in [5.74, 6) is 0.701. The summed E-state index contributed by atoms with van der Waals surface area (Å²) in [6.07, 6.45) is 1.75. The standard InChI is InChI=1S/C11H22N2O2/c1-9(2)15-6-4-11(14)13-5-3-10(7-12)8-13/h9-10H,3-8,12H2,1-2H3. The number of nitrogens with zero attached hydrogens (tertiary/aromatic N) is 1. The molecular weight excluding hydrogens is 192 g/mol. The lowest BCUT2D eigenvalue weighted by Gasteiger charge is -2.16. The first-order chi connectivity index (χ1) is 7.13.